The monoisotopic (exact) mass is 170 g/mol. The molecule has 0 aromatic rings. The molecule has 1 aliphatic rings. The highest BCUT2D eigenvalue weighted by atomic mass is 15.1. The van der Waals surface area contributed by atoms with Crippen molar-refractivity contribution in [2.24, 2.45) is 5.92 Å². The average molecular weight is 170 g/mol. The molecular weight excluding hydrogens is 148 g/mol. The molecule has 2 heteroatoms. The van der Waals surface area contributed by atoms with E-state index in [4.69, 9.17) is 0 Å². The molecule has 1 N–H and O–H groups in total. The Morgan fingerprint density at radius 2 is 2.08 bits per heavy atom. The summed E-state index contributed by atoms with van der Waals surface area (Å²) >= 11 is 0. The summed E-state index contributed by atoms with van der Waals surface area (Å²) in [5.41, 5.74) is 0. The third kappa shape index (κ3) is 2.76. The predicted octanol–water partition coefficient (Wildman–Crippen LogP) is 1.32. The Kier molecular flexibility index (Phi) is 3.53. The zero-order valence-corrected chi connectivity index (χ0v) is 8.80. The van der Waals surface area contributed by atoms with Crippen LogP contribution in [0.15, 0.2) is 0 Å². The van der Waals surface area contributed by atoms with Crippen molar-refractivity contribution in [2.45, 2.75) is 39.3 Å². The van der Waals surface area contributed by atoms with Gasteiger partial charge < -0.3 is 10.2 Å². The molecule has 1 saturated heterocycles. The molecule has 2 nitrogen and oxygen atoms in total. The number of rotatable bonds is 2. The van der Waals surface area contributed by atoms with Gasteiger partial charge in [-0.3, -0.25) is 0 Å². The molecule has 0 aliphatic carbocycles. The summed E-state index contributed by atoms with van der Waals surface area (Å²) in [5, 5.41) is 3.63. The Bertz CT molecular complexity index is 134. The van der Waals surface area contributed by atoms with E-state index in [9.17, 15) is 0 Å². The molecule has 1 fully saturated rings. The van der Waals surface area contributed by atoms with Crippen molar-refractivity contribution in [1.29, 1.82) is 0 Å². The first kappa shape index (κ1) is 10.0. The third-order valence-electron chi connectivity index (χ3n) is 2.66. The van der Waals surface area contributed by atoms with Crippen molar-refractivity contribution in [3.8, 4) is 0 Å². The Hall–Kier alpha value is -0.0800. The molecule has 0 aromatic carbocycles. The molecule has 72 valence electrons. The Morgan fingerprint density at radius 1 is 1.42 bits per heavy atom. The minimum Gasteiger partial charge on any atom is -0.311 e. The van der Waals surface area contributed by atoms with Crippen molar-refractivity contribution in [3.05, 3.63) is 0 Å². The highest BCUT2D eigenvalue weighted by Gasteiger charge is 2.23. The van der Waals surface area contributed by atoms with Gasteiger partial charge in [-0.15, -0.1) is 0 Å². The standard InChI is InChI=1S/C10H22N2/c1-8(2)11-10-5-6-12(4)7-9(10)3/h8-11H,5-7H2,1-4H3/t9-,10?/m1/s1. The van der Waals surface area contributed by atoms with Crippen LogP contribution in [0, 0.1) is 5.92 Å². The van der Waals surface area contributed by atoms with Gasteiger partial charge >= 0.3 is 0 Å². The van der Waals surface area contributed by atoms with E-state index in [-0.39, 0.29) is 0 Å². The first-order valence-corrected chi connectivity index (χ1v) is 5.04. The summed E-state index contributed by atoms with van der Waals surface area (Å²) in [6.07, 6.45) is 1.30. The zero-order valence-electron chi connectivity index (χ0n) is 8.80. The topological polar surface area (TPSA) is 15.3 Å². The van der Waals surface area contributed by atoms with Gasteiger partial charge in [0.25, 0.3) is 0 Å². The highest BCUT2D eigenvalue weighted by Crippen LogP contribution is 2.15. The minimum absolute atomic E-state index is 0.626. The highest BCUT2D eigenvalue weighted by molar-refractivity contribution is 4.82. The van der Waals surface area contributed by atoms with Crippen LogP contribution in [-0.2, 0) is 0 Å². The number of hydrogen-bond donors (Lipinski definition) is 1. The average Bonchev–Trinajstić information content (AvgIpc) is 1.94. The van der Waals surface area contributed by atoms with E-state index in [1.54, 1.807) is 0 Å². The Balaban J connectivity index is 2.34. The van der Waals surface area contributed by atoms with Crippen molar-refractivity contribution in [2.75, 3.05) is 20.1 Å². The van der Waals surface area contributed by atoms with E-state index in [1.807, 2.05) is 0 Å². The van der Waals surface area contributed by atoms with Crippen LogP contribution in [0.1, 0.15) is 27.2 Å². The summed E-state index contributed by atoms with van der Waals surface area (Å²) in [5.74, 6) is 0.797. The van der Waals surface area contributed by atoms with Gasteiger partial charge in [-0.1, -0.05) is 20.8 Å². The van der Waals surface area contributed by atoms with Crippen molar-refractivity contribution >= 4 is 0 Å². The first-order valence-electron chi connectivity index (χ1n) is 5.04. The number of piperidine rings is 1. The van der Waals surface area contributed by atoms with Gasteiger partial charge in [-0.25, -0.2) is 0 Å². The predicted molar refractivity (Wildman–Crippen MR) is 53.3 cm³/mol. The largest absolute Gasteiger partial charge is 0.311 e. The normalized spacial score (nSPS) is 32.8. The molecule has 0 bridgehead atoms. The van der Waals surface area contributed by atoms with Crippen molar-refractivity contribution in [1.82, 2.24) is 10.2 Å². The van der Waals surface area contributed by atoms with E-state index in [0.717, 1.165) is 12.0 Å². The number of nitrogens with zero attached hydrogens (tertiary/aromatic N) is 1. The van der Waals surface area contributed by atoms with Crippen LogP contribution < -0.4 is 5.32 Å². The molecule has 1 aliphatic heterocycles. The van der Waals surface area contributed by atoms with Crippen molar-refractivity contribution in [3.63, 3.8) is 0 Å². The lowest BCUT2D eigenvalue weighted by molar-refractivity contribution is 0.169. The summed E-state index contributed by atoms with van der Waals surface area (Å²) in [6.45, 7) is 9.28. The maximum atomic E-state index is 3.63. The van der Waals surface area contributed by atoms with Crippen LogP contribution >= 0.6 is 0 Å². The van der Waals surface area contributed by atoms with E-state index in [0.29, 0.717) is 6.04 Å². The number of hydrogen-bond acceptors (Lipinski definition) is 2. The summed E-state index contributed by atoms with van der Waals surface area (Å²) in [4.78, 5) is 2.42. The summed E-state index contributed by atoms with van der Waals surface area (Å²) in [6, 6.07) is 1.36. The van der Waals surface area contributed by atoms with Crippen LogP contribution in [0.25, 0.3) is 0 Å². The lowest BCUT2D eigenvalue weighted by Gasteiger charge is -2.36. The van der Waals surface area contributed by atoms with Gasteiger partial charge in [0.15, 0.2) is 0 Å². The van der Waals surface area contributed by atoms with E-state index in [2.05, 4.69) is 38.0 Å². The maximum absolute atomic E-state index is 3.63. The summed E-state index contributed by atoms with van der Waals surface area (Å²) < 4.78 is 0. The van der Waals surface area contributed by atoms with Crippen LogP contribution in [0.4, 0.5) is 0 Å². The molecule has 2 atom stereocenters. The SMILES string of the molecule is CC(C)NC1CCN(C)C[C@H]1C. The fraction of sp³-hybridized carbons (Fsp3) is 1.00. The zero-order chi connectivity index (χ0) is 9.14. The van der Waals surface area contributed by atoms with Crippen molar-refractivity contribution < 1.29 is 0 Å². The lowest BCUT2D eigenvalue weighted by atomic mass is 9.94. The third-order valence-corrected chi connectivity index (χ3v) is 2.66. The Labute approximate surface area is 76.3 Å². The van der Waals surface area contributed by atoms with E-state index < -0.39 is 0 Å². The molecule has 0 spiro atoms. The van der Waals surface area contributed by atoms with Crippen LogP contribution in [0.2, 0.25) is 0 Å². The van der Waals surface area contributed by atoms with Crippen LogP contribution in [0.3, 0.4) is 0 Å². The van der Waals surface area contributed by atoms with E-state index in [1.165, 1.54) is 19.5 Å². The molecule has 12 heavy (non-hydrogen) atoms. The molecule has 1 heterocycles. The lowest BCUT2D eigenvalue weighted by Crippen LogP contribution is -2.48. The van der Waals surface area contributed by atoms with Crippen LogP contribution in [0.5, 0.6) is 0 Å². The fourth-order valence-corrected chi connectivity index (χ4v) is 2.03. The maximum Gasteiger partial charge on any atom is 0.0119 e. The Morgan fingerprint density at radius 3 is 2.58 bits per heavy atom. The molecule has 0 saturated carbocycles. The fourth-order valence-electron chi connectivity index (χ4n) is 2.03. The molecule has 0 radical (unpaired) electrons. The van der Waals surface area contributed by atoms with Gasteiger partial charge in [0.1, 0.15) is 0 Å². The number of nitrogens with one attached hydrogen (secondary N) is 1. The molecular formula is C10H22N2. The molecule has 1 rings (SSSR count). The van der Waals surface area contributed by atoms with Gasteiger partial charge in [-0.2, -0.15) is 0 Å². The second-order valence-corrected chi connectivity index (χ2v) is 4.46. The summed E-state index contributed by atoms with van der Waals surface area (Å²) in [7, 11) is 2.21. The molecule has 1 unspecified atom stereocenters. The van der Waals surface area contributed by atoms with Gasteiger partial charge in [0.2, 0.25) is 0 Å². The second-order valence-electron chi connectivity index (χ2n) is 4.46. The smallest absolute Gasteiger partial charge is 0.0119 e. The quantitative estimate of drug-likeness (QED) is 0.672. The molecule has 0 aromatic heterocycles. The number of likely N-dealkylation sites (tertiary alicyclic amines) is 1. The molecule has 0 amide bonds. The minimum atomic E-state index is 0.626. The van der Waals surface area contributed by atoms with Gasteiger partial charge in [0, 0.05) is 18.6 Å². The van der Waals surface area contributed by atoms with Gasteiger partial charge in [0.05, 0.1) is 0 Å². The first-order chi connectivity index (χ1) is 5.59. The van der Waals surface area contributed by atoms with Crippen LogP contribution in [-0.4, -0.2) is 37.1 Å². The van der Waals surface area contributed by atoms with E-state index >= 15 is 0 Å². The second kappa shape index (κ2) is 4.24. The van der Waals surface area contributed by atoms with Gasteiger partial charge in [-0.05, 0) is 25.9 Å².